The van der Waals surface area contributed by atoms with Gasteiger partial charge in [-0.15, -0.1) is 0 Å². The maximum atomic E-state index is 13.5. The number of hydrogen-bond donors (Lipinski definition) is 1. The molecule has 0 aromatic heterocycles. The van der Waals surface area contributed by atoms with Crippen molar-refractivity contribution in [3.05, 3.63) is 60.2 Å². The Hall–Kier alpha value is -3.07. The van der Waals surface area contributed by atoms with Gasteiger partial charge in [0.05, 0.1) is 19.1 Å². The van der Waals surface area contributed by atoms with Gasteiger partial charge in [-0.05, 0) is 42.9 Å². The summed E-state index contributed by atoms with van der Waals surface area (Å²) in [7, 11) is -2.11. The average Bonchev–Trinajstić information content (AvgIpc) is 2.87. The molecule has 2 aromatic rings. The average molecular weight is 532 g/mol. The SMILES string of the molecule is CC[C@@H](C(=O)NCC(C)C)N(CCc1ccccc1)C(=O)CCCN(c1ccccc1OC)S(C)(=O)=O. The number of nitrogens with one attached hydrogen (secondary N) is 1. The lowest BCUT2D eigenvalue weighted by Gasteiger charge is -2.31. The molecule has 2 amide bonds. The number of nitrogens with zero attached hydrogens (tertiary/aromatic N) is 2. The molecule has 0 fully saturated rings. The summed E-state index contributed by atoms with van der Waals surface area (Å²) >= 11 is 0. The zero-order chi connectivity index (χ0) is 27.4. The number of benzene rings is 2. The molecular formula is C28H41N3O5S. The smallest absolute Gasteiger partial charge is 0.242 e. The van der Waals surface area contributed by atoms with Crippen molar-refractivity contribution < 1.29 is 22.7 Å². The van der Waals surface area contributed by atoms with Crippen LogP contribution in [-0.4, -0.2) is 64.2 Å². The molecule has 2 aromatic carbocycles. The molecular weight excluding hydrogens is 490 g/mol. The zero-order valence-corrected chi connectivity index (χ0v) is 23.5. The first-order valence-electron chi connectivity index (χ1n) is 12.8. The van der Waals surface area contributed by atoms with E-state index < -0.39 is 16.1 Å². The van der Waals surface area contributed by atoms with Gasteiger partial charge in [0.15, 0.2) is 0 Å². The molecule has 0 saturated heterocycles. The molecule has 0 heterocycles. The quantitative estimate of drug-likeness (QED) is 0.377. The highest BCUT2D eigenvalue weighted by atomic mass is 32.2. The normalized spacial score (nSPS) is 12.2. The van der Waals surface area contributed by atoms with Crippen LogP contribution < -0.4 is 14.4 Å². The summed E-state index contributed by atoms with van der Waals surface area (Å²) in [5, 5.41) is 2.96. The van der Waals surface area contributed by atoms with E-state index in [0.717, 1.165) is 11.8 Å². The summed E-state index contributed by atoms with van der Waals surface area (Å²) in [6, 6.07) is 16.1. The Bertz CT molecular complexity index is 1110. The Labute approximate surface area is 222 Å². The van der Waals surface area contributed by atoms with Crippen LogP contribution in [0.5, 0.6) is 5.75 Å². The molecule has 0 spiro atoms. The van der Waals surface area contributed by atoms with Crippen molar-refractivity contribution in [1.29, 1.82) is 0 Å². The van der Waals surface area contributed by atoms with E-state index in [0.29, 0.717) is 49.7 Å². The van der Waals surface area contributed by atoms with Crippen LogP contribution in [0.1, 0.15) is 45.6 Å². The van der Waals surface area contributed by atoms with Gasteiger partial charge < -0.3 is 15.0 Å². The fraction of sp³-hybridized carbons (Fsp3) is 0.500. The number of carbonyl (C=O) groups excluding carboxylic acids is 2. The van der Waals surface area contributed by atoms with E-state index in [9.17, 15) is 18.0 Å². The third-order valence-electron chi connectivity index (χ3n) is 6.06. The van der Waals surface area contributed by atoms with Crippen LogP contribution in [0.4, 0.5) is 5.69 Å². The molecule has 1 N–H and O–H groups in total. The topological polar surface area (TPSA) is 96.0 Å². The molecule has 0 radical (unpaired) electrons. The maximum absolute atomic E-state index is 13.5. The number of methoxy groups -OCH3 is 1. The molecule has 204 valence electrons. The fourth-order valence-electron chi connectivity index (χ4n) is 4.14. The van der Waals surface area contributed by atoms with Gasteiger partial charge in [-0.2, -0.15) is 0 Å². The number of ether oxygens (including phenoxy) is 1. The Morgan fingerprint density at radius 2 is 1.65 bits per heavy atom. The third kappa shape index (κ3) is 9.39. The molecule has 0 aliphatic rings. The Morgan fingerprint density at radius 3 is 2.24 bits per heavy atom. The van der Waals surface area contributed by atoms with E-state index in [4.69, 9.17) is 4.74 Å². The summed E-state index contributed by atoms with van der Waals surface area (Å²) in [5.74, 6) is 0.406. The molecule has 2 rings (SSSR count). The minimum atomic E-state index is -3.60. The number of sulfonamides is 1. The Balaban J connectivity index is 2.18. The van der Waals surface area contributed by atoms with E-state index >= 15 is 0 Å². The molecule has 0 aliphatic heterocycles. The standard InChI is InChI=1S/C28H41N3O5S/c1-6-24(28(33)29-21-22(2)3)30(20-18-23-13-8-7-9-14-23)27(32)17-12-19-31(37(5,34)35)25-15-10-11-16-26(25)36-4/h7-11,13-16,22,24H,6,12,17-21H2,1-5H3,(H,29,33)/t24-/m0/s1. The Morgan fingerprint density at radius 1 is 1.00 bits per heavy atom. The van der Waals surface area contributed by atoms with Gasteiger partial charge in [0.1, 0.15) is 11.8 Å². The fourth-order valence-corrected chi connectivity index (χ4v) is 5.11. The van der Waals surface area contributed by atoms with Crippen molar-refractivity contribution in [2.45, 2.75) is 52.5 Å². The molecule has 0 bridgehead atoms. The summed E-state index contributed by atoms with van der Waals surface area (Å²) < 4.78 is 31.7. The van der Waals surface area contributed by atoms with Crippen molar-refractivity contribution in [2.24, 2.45) is 5.92 Å². The first-order valence-corrected chi connectivity index (χ1v) is 14.6. The van der Waals surface area contributed by atoms with Gasteiger partial charge in [0, 0.05) is 26.1 Å². The predicted molar refractivity (Wildman–Crippen MR) is 148 cm³/mol. The van der Waals surface area contributed by atoms with Gasteiger partial charge in [0.2, 0.25) is 21.8 Å². The summed E-state index contributed by atoms with van der Waals surface area (Å²) in [6.45, 7) is 7.00. The van der Waals surface area contributed by atoms with Crippen LogP contribution in [-0.2, 0) is 26.0 Å². The Kier molecular flexibility index (Phi) is 11.9. The van der Waals surface area contributed by atoms with E-state index in [2.05, 4.69) is 5.32 Å². The lowest BCUT2D eigenvalue weighted by molar-refractivity contribution is -0.140. The van der Waals surface area contributed by atoms with Gasteiger partial charge in [-0.1, -0.05) is 63.2 Å². The van der Waals surface area contributed by atoms with Crippen LogP contribution in [0.15, 0.2) is 54.6 Å². The van der Waals surface area contributed by atoms with E-state index in [1.54, 1.807) is 29.2 Å². The summed E-state index contributed by atoms with van der Waals surface area (Å²) in [5.41, 5.74) is 1.51. The van der Waals surface area contributed by atoms with E-state index in [1.165, 1.54) is 11.4 Å². The van der Waals surface area contributed by atoms with Gasteiger partial charge >= 0.3 is 0 Å². The van der Waals surface area contributed by atoms with Crippen molar-refractivity contribution in [2.75, 3.05) is 37.3 Å². The van der Waals surface area contributed by atoms with Crippen LogP contribution in [0, 0.1) is 5.92 Å². The molecule has 0 aliphatic carbocycles. The predicted octanol–water partition coefficient (Wildman–Crippen LogP) is 3.86. The summed E-state index contributed by atoms with van der Waals surface area (Å²) in [6.07, 6.45) is 2.66. The second-order valence-corrected chi connectivity index (χ2v) is 11.4. The lowest BCUT2D eigenvalue weighted by atomic mass is 10.1. The largest absolute Gasteiger partial charge is 0.495 e. The van der Waals surface area contributed by atoms with Crippen LogP contribution in [0.2, 0.25) is 0 Å². The lowest BCUT2D eigenvalue weighted by Crippen LogP contribution is -2.50. The highest BCUT2D eigenvalue weighted by Gasteiger charge is 2.28. The number of anilines is 1. The number of para-hydroxylation sites is 2. The molecule has 8 nitrogen and oxygen atoms in total. The third-order valence-corrected chi connectivity index (χ3v) is 7.24. The molecule has 37 heavy (non-hydrogen) atoms. The van der Waals surface area contributed by atoms with Crippen molar-refractivity contribution in [3.63, 3.8) is 0 Å². The van der Waals surface area contributed by atoms with Gasteiger partial charge in [-0.3, -0.25) is 13.9 Å². The van der Waals surface area contributed by atoms with Crippen LogP contribution in [0.3, 0.4) is 0 Å². The number of rotatable bonds is 15. The van der Waals surface area contributed by atoms with Crippen molar-refractivity contribution >= 4 is 27.5 Å². The maximum Gasteiger partial charge on any atom is 0.242 e. The monoisotopic (exact) mass is 531 g/mol. The molecule has 0 saturated carbocycles. The van der Waals surface area contributed by atoms with E-state index in [1.807, 2.05) is 51.1 Å². The summed E-state index contributed by atoms with van der Waals surface area (Å²) in [4.78, 5) is 28.1. The van der Waals surface area contributed by atoms with Crippen molar-refractivity contribution in [1.82, 2.24) is 10.2 Å². The molecule has 1 atom stereocenters. The van der Waals surface area contributed by atoms with Gasteiger partial charge in [-0.25, -0.2) is 8.42 Å². The van der Waals surface area contributed by atoms with E-state index in [-0.39, 0.29) is 24.8 Å². The first-order chi connectivity index (χ1) is 17.6. The highest BCUT2D eigenvalue weighted by molar-refractivity contribution is 7.92. The zero-order valence-electron chi connectivity index (χ0n) is 22.6. The minimum Gasteiger partial charge on any atom is -0.495 e. The number of hydrogen-bond acceptors (Lipinski definition) is 5. The number of carbonyl (C=O) groups is 2. The van der Waals surface area contributed by atoms with Crippen LogP contribution in [0.25, 0.3) is 0 Å². The minimum absolute atomic E-state index is 0.115. The first kappa shape index (κ1) is 30.2. The second kappa shape index (κ2) is 14.6. The van der Waals surface area contributed by atoms with Crippen molar-refractivity contribution in [3.8, 4) is 5.75 Å². The van der Waals surface area contributed by atoms with Crippen LogP contribution >= 0.6 is 0 Å². The van der Waals surface area contributed by atoms with Gasteiger partial charge in [0.25, 0.3) is 0 Å². The molecule has 9 heteroatoms. The number of amides is 2. The molecule has 0 unspecified atom stereocenters. The highest BCUT2D eigenvalue weighted by Crippen LogP contribution is 2.29. The second-order valence-electron chi connectivity index (χ2n) is 9.50.